The largest absolute Gasteiger partial charge is 0.368 e. The predicted octanol–water partition coefficient (Wildman–Crippen LogP) is 4.42. The van der Waals surface area contributed by atoms with E-state index in [2.05, 4.69) is 17.1 Å². The minimum absolute atomic E-state index is 0.130. The average molecular weight is 384 g/mol. The topological polar surface area (TPSA) is 67.1 Å². The fourth-order valence-corrected chi connectivity index (χ4v) is 6.66. The number of nitrogen functional groups attached to an aromatic ring is 1. The minimum atomic E-state index is 0.130. The van der Waals surface area contributed by atoms with Crippen LogP contribution in [0.4, 0.5) is 11.8 Å². The van der Waals surface area contributed by atoms with Crippen LogP contribution >= 0.6 is 0 Å². The van der Waals surface area contributed by atoms with E-state index in [9.17, 15) is 0 Å². The highest BCUT2D eigenvalue weighted by molar-refractivity contribution is 5.54. The van der Waals surface area contributed by atoms with E-state index in [4.69, 9.17) is 15.7 Å². The van der Waals surface area contributed by atoms with Crippen LogP contribution in [-0.2, 0) is 11.8 Å². The maximum absolute atomic E-state index is 6.22. The molecule has 1 aliphatic heterocycles. The van der Waals surface area contributed by atoms with Gasteiger partial charge in [-0.2, -0.15) is 4.98 Å². The van der Waals surface area contributed by atoms with Crippen LogP contribution in [0.3, 0.4) is 0 Å². The molecule has 0 aromatic carbocycles. The summed E-state index contributed by atoms with van der Waals surface area (Å²) in [7, 11) is 0. The molecule has 5 heteroatoms. The van der Waals surface area contributed by atoms with Gasteiger partial charge in [0.1, 0.15) is 5.82 Å². The third kappa shape index (κ3) is 3.30. The summed E-state index contributed by atoms with van der Waals surface area (Å²) in [5, 5.41) is 3.89. The number of nitrogens with one attached hydrogen (secondary N) is 1. The van der Waals surface area contributed by atoms with Crippen molar-refractivity contribution in [2.45, 2.75) is 107 Å². The van der Waals surface area contributed by atoms with Crippen LogP contribution in [0, 0.1) is 0 Å². The van der Waals surface area contributed by atoms with Gasteiger partial charge in [-0.05, 0) is 90.6 Å². The Morgan fingerprint density at radius 3 is 2.32 bits per heavy atom. The number of likely N-dealkylation sites (tertiary alicyclic amines) is 1. The number of hydrogen-bond acceptors (Lipinski definition) is 5. The Balaban J connectivity index is 1.36. The van der Waals surface area contributed by atoms with Crippen LogP contribution in [0.15, 0.2) is 0 Å². The maximum Gasteiger partial charge on any atom is 0.222 e. The van der Waals surface area contributed by atoms with Crippen LogP contribution in [-0.4, -0.2) is 39.5 Å². The number of hydrogen-bond donors (Lipinski definition) is 2. The first-order chi connectivity index (χ1) is 13.6. The van der Waals surface area contributed by atoms with Crippen LogP contribution in [0.2, 0.25) is 0 Å². The lowest BCUT2D eigenvalue weighted by Crippen LogP contribution is -2.45. The molecule has 2 heterocycles. The molecule has 3 N–H and O–H groups in total. The molecule has 5 nitrogen and oxygen atoms in total. The number of rotatable bonds is 3. The molecular formula is C23H37N5. The molecule has 28 heavy (non-hydrogen) atoms. The lowest BCUT2D eigenvalue weighted by molar-refractivity contribution is 0.163. The van der Waals surface area contributed by atoms with Crippen LogP contribution in [0.1, 0.15) is 95.2 Å². The summed E-state index contributed by atoms with van der Waals surface area (Å²) in [6.45, 7) is 5.02. The molecule has 0 bridgehead atoms. The van der Waals surface area contributed by atoms with Gasteiger partial charge in [0, 0.05) is 22.6 Å². The normalized spacial score (nSPS) is 32.5. The van der Waals surface area contributed by atoms with Gasteiger partial charge in [0.15, 0.2) is 0 Å². The lowest BCUT2D eigenvalue weighted by atomic mass is 9.71. The Morgan fingerprint density at radius 1 is 0.929 bits per heavy atom. The molecule has 3 aliphatic carbocycles. The molecule has 0 atom stereocenters. The summed E-state index contributed by atoms with van der Waals surface area (Å²) in [5.41, 5.74) is 9.31. The Hall–Kier alpha value is -1.36. The van der Waals surface area contributed by atoms with Crippen molar-refractivity contribution in [3.63, 3.8) is 0 Å². The van der Waals surface area contributed by atoms with E-state index in [1.807, 2.05) is 0 Å². The summed E-state index contributed by atoms with van der Waals surface area (Å²) in [6, 6.07) is 0.795. The summed E-state index contributed by atoms with van der Waals surface area (Å²) in [6.07, 6.45) is 16.7. The van der Waals surface area contributed by atoms with E-state index in [1.54, 1.807) is 0 Å². The molecule has 3 fully saturated rings. The first kappa shape index (κ1) is 18.7. The van der Waals surface area contributed by atoms with Crippen molar-refractivity contribution in [3.05, 3.63) is 11.3 Å². The smallest absolute Gasteiger partial charge is 0.222 e. The van der Waals surface area contributed by atoms with Gasteiger partial charge in [-0.25, -0.2) is 4.98 Å². The van der Waals surface area contributed by atoms with Gasteiger partial charge < -0.3 is 16.0 Å². The van der Waals surface area contributed by atoms with Gasteiger partial charge in [0.2, 0.25) is 5.95 Å². The average Bonchev–Trinajstić information content (AvgIpc) is 3.36. The summed E-state index contributed by atoms with van der Waals surface area (Å²) >= 11 is 0. The van der Waals surface area contributed by atoms with Crippen LogP contribution < -0.4 is 11.1 Å². The second kappa shape index (κ2) is 7.16. The molecule has 0 amide bonds. The van der Waals surface area contributed by atoms with Gasteiger partial charge in [-0.15, -0.1) is 0 Å². The van der Waals surface area contributed by atoms with Gasteiger partial charge >= 0.3 is 0 Å². The van der Waals surface area contributed by atoms with E-state index in [1.165, 1.54) is 101 Å². The molecule has 154 valence electrons. The molecule has 0 unspecified atom stereocenters. The third-order valence-corrected chi connectivity index (χ3v) is 8.31. The molecule has 1 aromatic heterocycles. The Kier molecular flexibility index (Phi) is 4.77. The zero-order chi connectivity index (χ0) is 19.2. The summed E-state index contributed by atoms with van der Waals surface area (Å²) in [4.78, 5) is 12.3. The van der Waals surface area contributed by atoms with Crippen molar-refractivity contribution in [2.75, 3.05) is 24.1 Å². The molecule has 5 rings (SSSR count). The molecule has 1 spiro atoms. The first-order valence-corrected chi connectivity index (χ1v) is 11.8. The molecular weight excluding hydrogens is 346 g/mol. The van der Waals surface area contributed by atoms with Crippen LogP contribution in [0.5, 0.6) is 0 Å². The second-order valence-electron chi connectivity index (χ2n) is 10.3. The zero-order valence-electron chi connectivity index (χ0n) is 17.6. The highest BCUT2D eigenvalue weighted by Gasteiger charge is 2.42. The maximum atomic E-state index is 6.22. The van der Waals surface area contributed by atoms with Crippen molar-refractivity contribution in [1.82, 2.24) is 14.9 Å². The van der Waals surface area contributed by atoms with Crippen molar-refractivity contribution < 1.29 is 0 Å². The quantitative estimate of drug-likeness (QED) is 0.809. The van der Waals surface area contributed by atoms with E-state index in [-0.39, 0.29) is 11.0 Å². The monoisotopic (exact) mass is 383 g/mol. The van der Waals surface area contributed by atoms with Crippen molar-refractivity contribution in [2.24, 2.45) is 0 Å². The fourth-order valence-electron chi connectivity index (χ4n) is 6.66. The van der Waals surface area contributed by atoms with Crippen molar-refractivity contribution >= 4 is 11.8 Å². The van der Waals surface area contributed by atoms with E-state index >= 15 is 0 Å². The summed E-state index contributed by atoms with van der Waals surface area (Å²) in [5.74, 6) is 1.51. The molecule has 2 saturated carbocycles. The highest BCUT2D eigenvalue weighted by atomic mass is 15.2. The molecule has 4 aliphatic rings. The lowest BCUT2D eigenvalue weighted by Gasteiger charge is -2.42. The van der Waals surface area contributed by atoms with Crippen molar-refractivity contribution in [3.8, 4) is 0 Å². The molecule has 1 saturated heterocycles. The van der Waals surface area contributed by atoms with Gasteiger partial charge in [0.25, 0.3) is 0 Å². The van der Waals surface area contributed by atoms with Gasteiger partial charge in [0.05, 0.1) is 5.69 Å². The minimum Gasteiger partial charge on any atom is -0.368 e. The Bertz CT molecular complexity index is 710. The van der Waals surface area contributed by atoms with E-state index in [0.717, 1.165) is 18.3 Å². The third-order valence-electron chi connectivity index (χ3n) is 8.31. The highest BCUT2D eigenvalue weighted by Crippen LogP contribution is 2.49. The van der Waals surface area contributed by atoms with Crippen molar-refractivity contribution in [1.29, 1.82) is 0 Å². The fraction of sp³-hybridized carbons (Fsp3) is 0.826. The standard InChI is InChI=1S/C23H37N5/c1-22(13-8-17(9-14-22)28-15-4-5-16-28)27-20-18-7-6-12-23(10-2-3-11-23)19(18)25-21(24)26-20/h17H,2-16H2,1H3,(H3,24,25,26,27). The zero-order valence-corrected chi connectivity index (χ0v) is 17.6. The number of nitrogens with zero attached hydrogens (tertiary/aromatic N) is 3. The predicted molar refractivity (Wildman–Crippen MR) is 115 cm³/mol. The van der Waals surface area contributed by atoms with Crippen LogP contribution in [0.25, 0.3) is 0 Å². The first-order valence-electron chi connectivity index (χ1n) is 11.8. The number of anilines is 2. The molecule has 1 aromatic rings. The summed E-state index contributed by atoms with van der Waals surface area (Å²) < 4.78 is 0. The van der Waals surface area contributed by atoms with Gasteiger partial charge in [-0.1, -0.05) is 12.8 Å². The SMILES string of the molecule is CC1(Nc2nc(N)nc3c2CCCC32CCCC2)CCC(N2CCCC2)CC1. The van der Waals surface area contributed by atoms with Gasteiger partial charge in [-0.3, -0.25) is 0 Å². The van der Waals surface area contributed by atoms with E-state index < -0.39 is 0 Å². The number of fused-ring (bicyclic) bond motifs is 2. The number of aromatic nitrogens is 2. The number of nitrogens with two attached hydrogens (primary N) is 1. The Morgan fingerprint density at radius 2 is 1.61 bits per heavy atom. The Labute approximate surface area is 169 Å². The second-order valence-corrected chi connectivity index (χ2v) is 10.3. The van der Waals surface area contributed by atoms with E-state index in [0.29, 0.717) is 5.95 Å². The molecule has 0 radical (unpaired) electrons.